The number of rotatable bonds is 8. The number of thioether (sulfide) groups is 1. The molecule has 4 heteroatoms. The zero-order chi connectivity index (χ0) is 12.5. The summed E-state index contributed by atoms with van der Waals surface area (Å²) < 4.78 is 5.47. The summed E-state index contributed by atoms with van der Waals surface area (Å²) in [6.07, 6.45) is 2.42. The van der Waals surface area contributed by atoms with Crippen LogP contribution in [0.25, 0.3) is 0 Å². The molecule has 0 aromatic rings. The van der Waals surface area contributed by atoms with E-state index in [0.717, 1.165) is 26.2 Å². The van der Waals surface area contributed by atoms with E-state index in [1.54, 1.807) is 0 Å². The van der Waals surface area contributed by atoms with E-state index in [-0.39, 0.29) is 0 Å². The number of hydrogen-bond donors (Lipinski definition) is 2. The Kier molecular flexibility index (Phi) is 8.27. The fourth-order valence-corrected chi connectivity index (χ4v) is 3.05. The first-order chi connectivity index (χ1) is 8.22. The maximum atomic E-state index is 5.47. The van der Waals surface area contributed by atoms with Gasteiger partial charge < -0.3 is 15.4 Å². The highest BCUT2D eigenvalue weighted by Crippen LogP contribution is 2.07. The second-order valence-corrected chi connectivity index (χ2v) is 6.31. The van der Waals surface area contributed by atoms with Gasteiger partial charge in [-0.1, -0.05) is 6.92 Å². The predicted molar refractivity (Wildman–Crippen MR) is 76.9 cm³/mol. The molecule has 17 heavy (non-hydrogen) atoms. The molecule has 0 saturated carbocycles. The van der Waals surface area contributed by atoms with Crippen molar-refractivity contribution in [1.29, 1.82) is 0 Å². The quantitative estimate of drug-likeness (QED) is 0.653. The first-order valence-electron chi connectivity index (χ1n) is 6.87. The Bertz CT molecular complexity index is 186. The van der Waals surface area contributed by atoms with Crippen LogP contribution in [0.1, 0.15) is 33.6 Å². The molecule has 0 aromatic heterocycles. The molecule has 1 heterocycles. The highest BCUT2D eigenvalue weighted by atomic mass is 32.2. The molecule has 1 saturated heterocycles. The van der Waals surface area contributed by atoms with Gasteiger partial charge in [-0.3, -0.25) is 0 Å². The lowest BCUT2D eigenvalue weighted by atomic mass is 10.1. The Morgan fingerprint density at radius 1 is 1.41 bits per heavy atom. The highest BCUT2D eigenvalue weighted by molar-refractivity contribution is 7.99. The van der Waals surface area contributed by atoms with E-state index in [1.165, 1.54) is 17.9 Å². The van der Waals surface area contributed by atoms with Gasteiger partial charge >= 0.3 is 0 Å². The number of morpholine rings is 1. The molecule has 1 aliphatic heterocycles. The Morgan fingerprint density at radius 2 is 2.24 bits per heavy atom. The van der Waals surface area contributed by atoms with Gasteiger partial charge in [0.2, 0.25) is 0 Å². The molecule has 0 aliphatic carbocycles. The first-order valence-corrected chi connectivity index (χ1v) is 8.02. The largest absolute Gasteiger partial charge is 0.379 e. The SMILES string of the molecule is CCSCCC(C)NC(C)CC1COCCN1. The van der Waals surface area contributed by atoms with Crippen LogP contribution in [0.3, 0.4) is 0 Å². The van der Waals surface area contributed by atoms with Crippen molar-refractivity contribution >= 4 is 11.8 Å². The fourth-order valence-electron chi connectivity index (χ4n) is 2.24. The van der Waals surface area contributed by atoms with E-state index in [9.17, 15) is 0 Å². The molecule has 102 valence electrons. The van der Waals surface area contributed by atoms with Crippen molar-refractivity contribution in [3.8, 4) is 0 Å². The van der Waals surface area contributed by atoms with Gasteiger partial charge in [0.15, 0.2) is 0 Å². The maximum absolute atomic E-state index is 5.47. The van der Waals surface area contributed by atoms with E-state index in [4.69, 9.17) is 4.74 Å². The maximum Gasteiger partial charge on any atom is 0.0620 e. The predicted octanol–water partition coefficient (Wildman–Crippen LogP) is 1.87. The van der Waals surface area contributed by atoms with Crippen molar-refractivity contribution in [3.63, 3.8) is 0 Å². The highest BCUT2D eigenvalue weighted by Gasteiger charge is 2.17. The third-order valence-corrected chi connectivity index (χ3v) is 4.04. The van der Waals surface area contributed by atoms with Crippen LogP contribution in [0.2, 0.25) is 0 Å². The van der Waals surface area contributed by atoms with Crippen LogP contribution in [0.4, 0.5) is 0 Å². The Labute approximate surface area is 110 Å². The summed E-state index contributed by atoms with van der Waals surface area (Å²) in [6.45, 7) is 9.52. The minimum absolute atomic E-state index is 0.531. The van der Waals surface area contributed by atoms with Crippen molar-refractivity contribution in [2.75, 3.05) is 31.3 Å². The molecule has 2 N–H and O–H groups in total. The molecule has 0 aromatic carbocycles. The molecule has 3 unspecified atom stereocenters. The van der Waals surface area contributed by atoms with Gasteiger partial charge in [0.25, 0.3) is 0 Å². The van der Waals surface area contributed by atoms with Gasteiger partial charge in [0.1, 0.15) is 0 Å². The average Bonchev–Trinajstić information content (AvgIpc) is 2.30. The van der Waals surface area contributed by atoms with E-state index in [2.05, 4.69) is 31.4 Å². The Hall–Kier alpha value is 0.230. The zero-order valence-corrected chi connectivity index (χ0v) is 12.3. The summed E-state index contributed by atoms with van der Waals surface area (Å²) in [4.78, 5) is 0. The van der Waals surface area contributed by atoms with Gasteiger partial charge in [0.05, 0.1) is 13.2 Å². The van der Waals surface area contributed by atoms with Crippen LogP contribution >= 0.6 is 11.8 Å². The molecule has 1 aliphatic rings. The first kappa shape index (κ1) is 15.3. The third kappa shape index (κ3) is 7.29. The molecule has 3 atom stereocenters. The summed E-state index contributed by atoms with van der Waals surface area (Å²) in [7, 11) is 0. The van der Waals surface area contributed by atoms with Crippen LogP contribution in [-0.2, 0) is 4.74 Å². The van der Waals surface area contributed by atoms with Crippen molar-refractivity contribution in [1.82, 2.24) is 10.6 Å². The molecule has 0 spiro atoms. The van der Waals surface area contributed by atoms with Gasteiger partial charge in [-0.2, -0.15) is 11.8 Å². The van der Waals surface area contributed by atoms with E-state index in [1.807, 2.05) is 11.8 Å². The summed E-state index contributed by atoms with van der Waals surface area (Å²) >= 11 is 2.03. The van der Waals surface area contributed by atoms with E-state index < -0.39 is 0 Å². The van der Waals surface area contributed by atoms with Crippen LogP contribution in [0.5, 0.6) is 0 Å². The van der Waals surface area contributed by atoms with Crippen molar-refractivity contribution in [2.24, 2.45) is 0 Å². The fraction of sp³-hybridized carbons (Fsp3) is 1.00. The van der Waals surface area contributed by atoms with E-state index in [0.29, 0.717) is 18.1 Å². The molecular weight excluding hydrogens is 232 g/mol. The lowest BCUT2D eigenvalue weighted by Gasteiger charge is -2.28. The van der Waals surface area contributed by atoms with Gasteiger partial charge in [-0.05, 0) is 38.2 Å². The second kappa shape index (κ2) is 9.20. The van der Waals surface area contributed by atoms with Crippen LogP contribution in [0.15, 0.2) is 0 Å². The Morgan fingerprint density at radius 3 is 2.88 bits per heavy atom. The summed E-state index contributed by atoms with van der Waals surface area (Å²) in [6, 6.07) is 1.72. The summed E-state index contributed by atoms with van der Waals surface area (Å²) in [5, 5.41) is 7.18. The molecule has 0 radical (unpaired) electrons. The lowest BCUT2D eigenvalue weighted by Crippen LogP contribution is -2.46. The van der Waals surface area contributed by atoms with Gasteiger partial charge in [-0.25, -0.2) is 0 Å². The number of hydrogen-bond acceptors (Lipinski definition) is 4. The summed E-state index contributed by atoms with van der Waals surface area (Å²) in [5.41, 5.74) is 0. The van der Waals surface area contributed by atoms with Crippen LogP contribution in [-0.4, -0.2) is 49.4 Å². The zero-order valence-electron chi connectivity index (χ0n) is 11.5. The van der Waals surface area contributed by atoms with Crippen LogP contribution < -0.4 is 10.6 Å². The molecule has 1 fully saturated rings. The minimum Gasteiger partial charge on any atom is -0.379 e. The van der Waals surface area contributed by atoms with Crippen molar-refractivity contribution < 1.29 is 4.74 Å². The summed E-state index contributed by atoms with van der Waals surface area (Å²) in [5.74, 6) is 2.49. The number of nitrogens with one attached hydrogen (secondary N) is 2. The Balaban J connectivity index is 2.07. The van der Waals surface area contributed by atoms with Gasteiger partial charge in [0, 0.05) is 24.7 Å². The third-order valence-electron chi connectivity index (χ3n) is 3.10. The van der Waals surface area contributed by atoms with Crippen LogP contribution in [0, 0.1) is 0 Å². The number of ether oxygens (including phenoxy) is 1. The topological polar surface area (TPSA) is 33.3 Å². The standard InChI is InChI=1S/C13H28N2OS/c1-4-17-8-5-11(2)15-12(3)9-13-10-16-7-6-14-13/h11-15H,4-10H2,1-3H3. The van der Waals surface area contributed by atoms with E-state index >= 15 is 0 Å². The average molecular weight is 260 g/mol. The second-order valence-electron chi connectivity index (χ2n) is 4.92. The molecule has 0 amide bonds. The smallest absolute Gasteiger partial charge is 0.0620 e. The minimum atomic E-state index is 0.531. The molecule has 0 bridgehead atoms. The molecule has 3 nitrogen and oxygen atoms in total. The molecule has 1 rings (SSSR count). The van der Waals surface area contributed by atoms with Gasteiger partial charge in [-0.15, -0.1) is 0 Å². The lowest BCUT2D eigenvalue weighted by molar-refractivity contribution is 0.0708. The molecular formula is C13H28N2OS. The normalized spacial score (nSPS) is 24.5. The van der Waals surface area contributed by atoms with Crippen molar-refractivity contribution in [2.45, 2.75) is 51.7 Å². The monoisotopic (exact) mass is 260 g/mol. The van der Waals surface area contributed by atoms with Crippen molar-refractivity contribution in [3.05, 3.63) is 0 Å².